The van der Waals surface area contributed by atoms with Crippen LogP contribution in [0.15, 0.2) is 0 Å². The van der Waals surface area contributed by atoms with E-state index in [9.17, 15) is 0 Å². The van der Waals surface area contributed by atoms with Gasteiger partial charge in [-0.05, 0) is 0 Å². The maximum absolute atomic E-state index is 3.36. The molecule has 40 valence electrons. The van der Waals surface area contributed by atoms with Crippen LogP contribution >= 0.6 is 11.8 Å². The topological polar surface area (TPSA) is 24.1 Å². The summed E-state index contributed by atoms with van der Waals surface area (Å²) in [6.45, 7) is 1.18. The van der Waals surface area contributed by atoms with Gasteiger partial charge in [-0.3, -0.25) is 0 Å². The lowest BCUT2D eigenvalue weighted by atomic mass is 10.2. The maximum Gasteiger partial charge on any atom is 0.0713 e. The molecule has 2 aliphatic heterocycles. The van der Waals surface area contributed by atoms with Crippen molar-refractivity contribution in [3.8, 4) is 0 Å². The summed E-state index contributed by atoms with van der Waals surface area (Å²) in [5.41, 5.74) is 0. The first-order chi connectivity index (χ1) is 3.47. The molecule has 2 aliphatic rings. The number of fused-ring (bicyclic) bond motifs is 1. The Hall–Kier alpha value is 0.270. The van der Waals surface area contributed by atoms with Crippen LogP contribution < -0.4 is 10.6 Å². The Morgan fingerprint density at radius 1 is 1.43 bits per heavy atom. The van der Waals surface area contributed by atoms with Crippen LogP contribution in [0.2, 0.25) is 0 Å². The molecule has 0 aromatic carbocycles. The summed E-state index contributed by atoms with van der Waals surface area (Å²) in [6, 6.07) is 0.796. The third kappa shape index (κ3) is 0.490. The van der Waals surface area contributed by atoms with Crippen molar-refractivity contribution in [2.45, 2.75) is 11.4 Å². The molecule has 2 rings (SSSR count). The minimum Gasteiger partial charge on any atom is -0.302 e. The normalized spacial score (nSPS) is 48.0. The summed E-state index contributed by atoms with van der Waals surface area (Å²) in [5.74, 6) is 1.14. The molecule has 2 saturated heterocycles. The molecule has 2 atom stereocenters. The molecule has 0 aromatic heterocycles. The third-order valence-corrected chi connectivity index (χ3v) is 2.70. The molecular weight excluding hydrogens is 108 g/mol. The average Bonchev–Trinajstić information content (AvgIpc) is 1.85. The van der Waals surface area contributed by atoms with Crippen molar-refractivity contribution >= 4 is 11.8 Å². The lowest BCUT2D eigenvalue weighted by Crippen LogP contribution is -2.57. The van der Waals surface area contributed by atoms with Gasteiger partial charge in [-0.15, -0.1) is 11.8 Å². The first-order valence-electron chi connectivity index (χ1n) is 2.55. The van der Waals surface area contributed by atoms with Crippen molar-refractivity contribution in [3.05, 3.63) is 0 Å². The van der Waals surface area contributed by atoms with Crippen molar-refractivity contribution in [1.82, 2.24) is 10.6 Å². The number of hydrogen-bond donors (Lipinski definition) is 2. The van der Waals surface area contributed by atoms with E-state index in [-0.39, 0.29) is 0 Å². The fourth-order valence-corrected chi connectivity index (χ4v) is 2.06. The summed E-state index contributed by atoms with van der Waals surface area (Å²) in [5, 5.41) is 7.41. The molecule has 0 saturated carbocycles. The quantitative estimate of drug-likeness (QED) is 0.449. The van der Waals surface area contributed by atoms with Crippen LogP contribution in [0.5, 0.6) is 0 Å². The van der Waals surface area contributed by atoms with Gasteiger partial charge >= 0.3 is 0 Å². The van der Waals surface area contributed by atoms with E-state index in [4.69, 9.17) is 0 Å². The zero-order chi connectivity index (χ0) is 4.69. The van der Waals surface area contributed by atoms with Crippen LogP contribution in [-0.2, 0) is 0 Å². The van der Waals surface area contributed by atoms with Crippen LogP contribution in [-0.4, -0.2) is 23.8 Å². The molecule has 2 fully saturated rings. The highest BCUT2D eigenvalue weighted by atomic mass is 32.2. The van der Waals surface area contributed by atoms with Crippen LogP contribution in [0.1, 0.15) is 0 Å². The van der Waals surface area contributed by atoms with E-state index in [1.807, 2.05) is 11.8 Å². The van der Waals surface area contributed by atoms with Gasteiger partial charge in [0.2, 0.25) is 0 Å². The molecule has 2 nitrogen and oxygen atoms in total. The molecule has 2 N–H and O–H groups in total. The molecule has 7 heavy (non-hydrogen) atoms. The lowest BCUT2D eigenvalue weighted by Gasteiger charge is -2.30. The van der Waals surface area contributed by atoms with E-state index in [1.54, 1.807) is 0 Å². The summed E-state index contributed by atoms with van der Waals surface area (Å²) in [4.78, 5) is 0. The van der Waals surface area contributed by atoms with E-state index in [2.05, 4.69) is 10.6 Å². The van der Waals surface area contributed by atoms with Crippen LogP contribution in [0.3, 0.4) is 0 Å². The van der Waals surface area contributed by atoms with Crippen molar-refractivity contribution in [2.75, 3.05) is 12.4 Å². The Balaban J connectivity index is 2.03. The van der Waals surface area contributed by atoms with Gasteiger partial charge in [-0.1, -0.05) is 0 Å². The minimum atomic E-state index is 0.750. The Morgan fingerprint density at radius 3 is 2.71 bits per heavy atom. The minimum absolute atomic E-state index is 0.750. The van der Waals surface area contributed by atoms with Crippen LogP contribution in [0.25, 0.3) is 0 Å². The van der Waals surface area contributed by atoms with Gasteiger partial charge in [0.05, 0.1) is 5.37 Å². The molecule has 0 spiro atoms. The molecule has 0 aliphatic carbocycles. The van der Waals surface area contributed by atoms with E-state index < -0.39 is 0 Å². The molecule has 3 heteroatoms. The van der Waals surface area contributed by atoms with Crippen molar-refractivity contribution in [2.24, 2.45) is 0 Å². The standard InChI is InChI=1S/C4H8N2S/c1-3-4(5-1)7-2-6-3/h3-6H,1-2H2. The van der Waals surface area contributed by atoms with Crippen molar-refractivity contribution in [1.29, 1.82) is 0 Å². The zero-order valence-corrected chi connectivity index (χ0v) is 4.79. The van der Waals surface area contributed by atoms with Crippen molar-refractivity contribution in [3.63, 3.8) is 0 Å². The van der Waals surface area contributed by atoms with E-state index >= 15 is 0 Å². The SMILES string of the molecule is C1NC2CNC2S1. The predicted octanol–water partition coefficient (Wildman–Crippen LogP) is -0.422. The maximum atomic E-state index is 3.36. The summed E-state index contributed by atoms with van der Waals surface area (Å²) >= 11 is 1.97. The predicted molar refractivity (Wildman–Crippen MR) is 31.2 cm³/mol. The highest BCUT2D eigenvalue weighted by Gasteiger charge is 2.34. The number of rotatable bonds is 0. The van der Waals surface area contributed by atoms with Gasteiger partial charge in [0.1, 0.15) is 0 Å². The van der Waals surface area contributed by atoms with Gasteiger partial charge in [0.25, 0.3) is 0 Å². The van der Waals surface area contributed by atoms with Gasteiger partial charge in [0.15, 0.2) is 0 Å². The van der Waals surface area contributed by atoms with E-state index in [1.165, 1.54) is 6.54 Å². The van der Waals surface area contributed by atoms with Gasteiger partial charge in [0, 0.05) is 18.5 Å². The molecule has 2 unspecified atom stereocenters. The first-order valence-corrected chi connectivity index (χ1v) is 3.60. The fourth-order valence-electron chi connectivity index (χ4n) is 0.931. The number of nitrogens with one attached hydrogen (secondary N) is 2. The average molecular weight is 116 g/mol. The highest BCUT2D eigenvalue weighted by molar-refractivity contribution is 8.00. The number of hydrogen-bond acceptors (Lipinski definition) is 3. The van der Waals surface area contributed by atoms with Gasteiger partial charge < -0.3 is 10.6 Å². The zero-order valence-electron chi connectivity index (χ0n) is 3.98. The Bertz CT molecular complexity index is 75.8. The molecular formula is C4H8N2S. The first kappa shape index (κ1) is 4.18. The Morgan fingerprint density at radius 2 is 2.43 bits per heavy atom. The monoisotopic (exact) mass is 116 g/mol. The summed E-state index contributed by atoms with van der Waals surface area (Å²) in [6.07, 6.45) is 0. The second-order valence-electron chi connectivity index (χ2n) is 1.95. The third-order valence-electron chi connectivity index (χ3n) is 1.51. The van der Waals surface area contributed by atoms with E-state index in [0.29, 0.717) is 0 Å². The Kier molecular flexibility index (Phi) is 0.818. The highest BCUT2D eigenvalue weighted by Crippen LogP contribution is 2.23. The van der Waals surface area contributed by atoms with Crippen LogP contribution in [0.4, 0.5) is 0 Å². The fraction of sp³-hybridized carbons (Fsp3) is 1.00. The van der Waals surface area contributed by atoms with Crippen molar-refractivity contribution < 1.29 is 0 Å². The summed E-state index contributed by atoms with van der Waals surface area (Å²) < 4.78 is 0. The molecule has 0 aromatic rings. The molecule has 0 radical (unpaired) electrons. The molecule has 0 amide bonds. The Labute approximate surface area is 47.0 Å². The smallest absolute Gasteiger partial charge is 0.0713 e. The number of thioether (sulfide) groups is 1. The lowest BCUT2D eigenvalue weighted by molar-refractivity contribution is 0.375. The molecule has 0 bridgehead atoms. The largest absolute Gasteiger partial charge is 0.302 e. The summed E-state index contributed by atoms with van der Waals surface area (Å²) in [7, 11) is 0. The molecule has 2 heterocycles. The van der Waals surface area contributed by atoms with Gasteiger partial charge in [-0.25, -0.2) is 0 Å². The van der Waals surface area contributed by atoms with Crippen LogP contribution in [0, 0.1) is 0 Å². The second-order valence-corrected chi connectivity index (χ2v) is 3.08. The second kappa shape index (κ2) is 1.37. The van der Waals surface area contributed by atoms with Gasteiger partial charge in [-0.2, -0.15) is 0 Å². The van der Waals surface area contributed by atoms with E-state index in [0.717, 1.165) is 17.3 Å².